The van der Waals surface area contributed by atoms with Crippen LogP contribution < -0.4 is 21.3 Å². The van der Waals surface area contributed by atoms with Gasteiger partial charge in [-0.1, -0.05) is 80.6 Å². The van der Waals surface area contributed by atoms with E-state index < -0.39 is 30.1 Å². The number of anilines is 1. The van der Waals surface area contributed by atoms with Crippen molar-refractivity contribution in [2.75, 3.05) is 18.2 Å². The maximum Gasteiger partial charge on any atom is 0.408 e. The number of hydrogen-bond donors (Lipinski definition) is 4. The molecule has 0 aliphatic carbocycles. The topological polar surface area (TPSA) is 137 Å². The lowest BCUT2D eigenvalue weighted by Crippen LogP contribution is -2.51. The molecule has 0 fully saturated rings. The molecule has 0 spiro atoms. The second-order valence-corrected chi connectivity index (χ2v) is 11.3. The first-order chi connectivity index (χ1) is 20.7. The van der Waals surface area contributed by atoms with Crippen molar-refractivity contribution in [3.05, 3.63) is 90.3 Å². The van der Waals surface area contributed by atoms with Crippen molar-refractivity contribution in [1.29, 1.82) is 0 Å². The number of aliphatic hydroxyl groups is 1. The van der Waals surface area contributed by atoms with E-state index in [4.69, 9.17) is 10.5 Å². The molecular formula is C33H41N5O5. The van der Waals surface area contributed by atoms with Crippen molar-refractivity contribution in [2.45, 2.75) is 58.3 Å². The molecular weight excluding hydrogens is 546 g/mol. The van der Waals surface area contributed by atoms with Gasteiger partial charge in [0.1, 0.15) is 19.3 Å². The fourth-order valence-electron chi connectivity index (χ4n) is 5.14. The lowest BCUT2D eigenvalue weighted by Gasteiger charge is -2.28. The molecule has 0 unspecified atom stereocenters. The average Bonchev–Trinajstić information content (AvgIpc) is 3.42. The zero-order valence-corrected chi connectivity index (χ0v) is 24.9. The van der Waals surface area contributed by atoms with Gasteiger partial charge in [-0.15, -0.1) is 0 Å². The molecule has 0 saturated heterocycles. The van der Waals surface area contributed by atoms with Crippen LogP contribution in [0, 0.1) is 5.92 Å². The first-order valence-electron chi connectivity index (χ1n) is 14.6. The number of ether oxygens (including phenoxy) is 1. The number of hydrogen-bond acceptors (Lipinski definition) is 7. The highest BCUT2D eigenvalue weighted by Crippen LogP contribution is 2.34. The molecule has 0 radical (unpaired) electrons. The summed E-state index contributed by atoms with van der Waals surface area (Å²) in [4.78, 5) is 43.0. The minimum atomic E-state index is -1.06. The summed E-state index contributed by atoms with van der Waals surface area (Å²) in [6.45, 7) is 5.62. The summed E-state index contributed by atoms with van der Waals surface area (Å²) < 4.78 is 5.44. The predicted molar refractivity (Wildman–Crippen MR) is 167 cm³/mol. The van der Waals surface area contributed by atoms with Gasteiger partial charge in [0.25, 0.3) is 0 Å². The summed E-state index contributed by atoms with van der Waals surface area (Å²) in [7, 11) is 0. The van der Waals surface area contributed by atoms with Gasteiger partial charge in [0, 0.05) is 23.7 Å². The average molecular weight is 588 g/mol. The zero-order chi connectivity index (χ0) is 30.9. The van der Waals surface area contributed by atoms with E-state index in [1.807, 2.05) is 91.5 Å². The summed E-state index contributed by atoms with van der Waals surface area (Å²) in [5.41, 5.74) is 8.24. The van der Waals surface area contributed by atoms with Crippen LogP contribution in [0.3, 0.4) is 0 Å². The van der Waals surface area contributed by atoms with Gasteiger partial charge in [0.15, 0.2) is 0 Å². The van der Waals surface area contributed by atoms with Gasteiger partial charge in [-0.3, -0.25) is 14.5 Å². The highest BCUT2D eigenvalue weighted by molar-refractivity contribution is 5.96. The lowest BCUT2D eigenvalue weighted by atomic mass is 10.0. The first-order valence-corrected chi connectivity index (χ1v) is 14.6. The lowest BCUT2D eigenvalue weighted by molar-refractivity contribution is -0.129. The van der Waals surface area contributed by atoms with Crippen molar-refractivity contribution >= 4 is 34.4 Å². The molecule has 0 aromatic heterocycles. The number of fused-ring (bicyclic) bond motifs is 1. The van der Waals surface area contributed by atoms with Crippen molar-refractivity contribution in [2.24, 2.45) is 11.7 Å². The third kappa shape index (κ3) is 8.33. The number of amides is 3. The van der Waals surface area contributed by atoms with Crippen LogP contribution >= 0.6 is 0 Å². The van der Waals surface area contributed by atoms with E-state index in [0.29, 0.717) is 12.1 Å². The van der Waals surface area contributed by atoms with E-state index in [1.54, 1.807) is 13.1 Å². The largest absolute Gasteiger partial charge is 0.445 e. The molecule has 0 saturated carbocycles. The molecule has 1 aliphatic heterocycles. The summed E-state index contributed by atoms with van der Waals surface area (Å²) >= 11 is 0. The molecule has 228 valence electrons. The molecule has 1 heterocycles. The quantitative estimate of drug-likeness (QED) is 0.253. The van der Waals surface area contributed by atoms with E-state index in [9.17, 15) is 19.5 Å². The Kier molecular flexibility index (Phi) is 10.7. The van der Waals surface area contributed by atoms with E-state index in [0.717, 1.165) is 22.0 Å². The van der Waals surface area contributed by atoms with Crippen molar-refractivity contribution < 1.29 is 24.2 Å². The van der Waals surface area contributed by atoms with E-state index in [1.165, 1.54) is 4.90 Å². The normalized spacial score (nSPS) is 15.2. The molecule has 3 amide bonds. The second kappa shape index (κ2) is 14.7. The molecule has 43 heavy (non-hydrogen) atoms. The first kappa shape index (κ1) is 31.5. The monoisotopic (exact) mass is 587 g/mol. The van der Waals surface area contributed by atoms with Crippen molar-refractivity contribution in [1.82, 2.24) is 15.5 Å². The zero-order valence-electron chi connectivity index (χ0n) is 24.9. The van der Waals surface area contributed by atoms with Crippen LogP contribution in [0.1, 0.15) is 39.2 Å². The Bertz CT molecular complexity index is 1440. The number of nitrogens with one attached hydrogen (secondary N) is 2. The van der Waals surface area contributed by atoms with Crippen LogP contribution in [0.4, 0.5) is 10.5 Å². The van der Waals surface area contributed by atoms with E-state index in [-0.39, 0.29) is 38.1 Å². The van der Waals surface area contributed by atoms with Gasteiger partial charge >= 0.3 is 6.09 Å². The fourth-order valence-corrected chi connectivity index (χ4v) is 5.14. The van der Waals surface area contributed by atoms with Crippen LogP contribution in [0.25, 0.3) is 10.8 Å². The van der Waals surface area contributed by atoms with Gasteiger partial charge in [0.05, 0.1) is 24.4 Å². The number of nitrogens with zero attached hydrogens (tertiary/aromatic N) is 2. The third-order valence-electron chi connectivity index (χ3n) is 7.23. The SMILES string of the molecule is CC(C)C[C@@H](CO)NC(=O)[C@H](CC1=CN(C(=O)[C@H](C)N)CN1c1cccc2ccccc12)NC(=O)OCc1ccccc1. The standard InChI is InChI=1S/C33H41N5O5/c1-22(2)16-26(19-39)35-31(40)29(36-33(42)43-20-24-10-5-4-6-11-24)17-27-18-37(32(41)23(3)34)21-38(27)30-15-9-13-25-12-7-8-14-28(25)30/h4-15,18,22-23,26,29,39H,16-17,19-21,34H2,1-3H3,(H,35,40)(H,36,42)/t23-,26-,29-/m0/s1. The number of rotatable bonds is 12. The minimum absolute atomic E-state index is 0.0368. The van der Waals surface area contributed by atoms with Gasteiger partial charge in [-0.05, 0) is 36.3 Å². The Morgan fingerprint density at radius 2 is 1.65 bits per heavy atom. The number of aliphatic hydroxyl groups excluding tert-OH is 1. The van der Waals surface area contributed by atoms with Gasteiger partial charge in [0.2, 0.25) is 11.8 Å². The summed E-state index contributed by atoms with van der Waals surface area (Å²) in [5, 5.41) is 17.5. The van der Waals surface area contributed by atoms with E-state index in [2.05, 4.69) is 10.6 Å². The van der Waals surface area contributed by atoms with Gasteiger partial charge < -0.3 is 31.1 Å². The number of nitrogens with two attached hydrogens (primary N) is 1. The highest BCUT2D eigenvalue weighted by atomic mass is 16.5. The van der Waals surface area contributed by atoms with Crippen LogP contribution in [0.15, 0.2) is 84.7 Å². The molecule has 10 nitrogen and oxygen atoms in total. The molecule has 5 N–H and O–H groups in total. The van der Waals surface area contributed by atoms with Crippen LogP contribution in [0.5, 0.6) is 0 Å². The molecule has 1 aliphatic rings. The third-order valence-corrected chi connectivity index (χ3v) is 7.23. The Morgan fingerprint density at radius 1 is 0.953 bits per heavy atom. The summed E-state index contributed by atoms with van der Waals surface area (Å²) in [6.07, 6.45) is 1.54. The molecule has 4 rings (SSSR count). The minimum Gasteiger partial charge on any atom is -0.445 e. The molecule has 10 heteroatoms. The highest BCUT2D eigenvalue weighted by Gasteiger charge is 2.33. The van der Waals surface area contributed by atoms with Crippen LogP contribution in [-0.4, -0.2) is 59.3 Å². The van der Waals surface area contributed by atoms with E-state index >= 15 is 0 Å². The van der Waals surface area contributed by atoms with Crippen molar-refractivity contribution in [3.63, 3.8) is 0 Å². The molecule has 3 aromatic rings. The summed E-state index contributed by atoms with van der Waals surface area (Å²) in [6, 6.07) is 20.8. The number of alkyl carbamates (subject to hydrolysis) is 1. The molecule has 3 aromatic carbocycles. The Balaban J connectivity index is 1.63. The second-order valence-electron chi connectivity index (χ2n) is 11.3. The Hall–Kier alpha value is -4.41. The summed E-state index contributed by atoms with van der Waals surface area (Å²) in [5.74, 6) is -0.502. The fraction of sp³-hybridized carbons (Fsp3) is 0.364. The van der Waals surface area contributed by atoms with Crippen LogP contribution in [-0.2, 0) is 20.9 Å². The molecule has 3 atom stereocenters. The molecule has 0 bridgehead atoms. The smallest absolute Gasteiger partial charge is 0.408 e. The Morgan fingerprint density at radius 3 is 2.35 bits per heavy atom. The van der Waals surface area contributed by atoms with Gasteiger partial charge in [-0.25, -0.2) is 4.79 Å². The predicted octanol–water partition coefficient (Wildman–Crippen LogP) is 3.84. The van der Waals surface area contributed by atoms with Crippen LogP contribution in [0.2, 0.25) is 0 Å². The Labute approximate surface area is 252 Å². The maximum atomic E-state index is 13.6. The van der Waals surface area contributed by atoms with Crippen molar-refractivity contribution in [3.8, 4) is 0 Å². The number of benzene rings is 3. The number of carbonyl (C=O) groups is 3. The number of carbonyl (C=O) groups excluding carboxylic acids is 3. The maximum absolute atomic E-state index is 13.6. The van der Waals surface area contributed by atoms with Gasteiger partial charge in [-0.2, -0.15) is 0 Å².